The van der Waals surface area contributed by atoms with Crippen molar-refractivity contribution in [2.45, 2.75) is 13.5 Å². The molecular weight excluding hydrogens is 463 g/mol. The molecule has 0 saturated carbocycles. The fraction of sp³-hybridized carbons (Fsp3) is 0.200. The maximum Gasteiger partial charge on any atom is 0.271 e. The Morgan fingerprint density at radius 3 is 2.53 bits per heavy atom. The number of methoxy groups -OCH3 is 2. The van der Waals surface area contributed by atoms with E-state index in [1.165, 1.54) is 32.6 Å². The fourth-order valence-corrected chi connectivity index (χ4v) is 3.32. The van der Waals surface area contributed by atoms with Crippen LogP contribution in [0.2, 0.25) is 5.02 Å². The highest BCUT2D eigenvalue weighted by Crippen LogP contribution is 2.36. The number of ether oxygens (including phenoxy) is 4. The van der Waals surface area contributed by atoms with Crippen LogP contribution in [0.25, 0.3) is 0 Å². The van der Waals surface area contributed by atoms with E-state index in [0.29, 0.717) is 46.3 Å². The highest BCUT2D eigenvalue weighted by atomic mass is 35.5. The number of halogens is 2. The van der Waals surface area contributed by atoms with Crippen molar-refractivity contribution in [2.75, 3.05) is 20.8 Å². The molecule has 9 heteroatoms. The van der Waals surface area contributed by atoms with Crippen LogP contribution < -0.4 is 24.4 Å². The quantitative estimate of drug-likeness (QED) is 0.313. The molecule has 3 rings (SSSR count). The molecule has 0 bridgehead atoms. The number of carbonyl (C=O) groups excluding carboxylic acids is 1. The van der Waals surface area contributed by atoms with Gasteiger partial charge in [0.25, 0.3) is 5.91 Å². The van der Waals surface area contributed by atoms with E-state index in [1.54, 1.807) is 42.5 Å². The second-order valence-corrected chi connectivity index (χ2v) is 7.36. The van der Waals surface area contributed by atoms with Gasteiger partial charge in [0.2, 0.25) is 0 Å². The Morgan fingerprint density at radius 1 is 1.03 bits per heavy atom. The Balaban J connectivity index is 1.68. The Hall–Kier alpha value is -3.78. The molecule has 3 aromatic rings. The van der Waals surface area contributed by atoms with E-state index in [9.17, 15) is 9.18 Å². The van der Waals surface area contributed by atoms with Gasteiger partial charge in [0.1, 0.15) is 12.4 Å². The van der Waals surface area contributed by atoms with Crippen LogP contribution in [0.5, 0.6) is 23.0 Å². The Morgan fingerprint density at radius 2 is 1.82 bits per heavy atom. The van der Waals surface area contributed by atoms with E-state index in [-0.39, 0.29) is 17.4 Å². The topological polar surface area (TPSA) is 78.4 Å². The highest BCUT2D eigenvalue weighted by Gasteiger charge is 2.13. The number of hydrazone groups is 1. The fourth-order valence-electron chi connectivity index (χ4n) is 3.05. The van der Waals surface area contributed by atoms with E-state index in [0.717, 1.165) is 0 Å². The summed E-state index contributed by atoms with van der Waals surface area (Å²) < 4.78 is 35.2. The molecule has 0 aliphatic rings. The van der Waals surface area contributed by atoms with Crippen molar-refractivity contribution >= 4 is 23.7 Å². The zero-order chi connectivity index (χ0) is 24.5. The Kier molecular flexibility index (Phi) is 8.70. The Labute approximate surface area is 202 Å². The molecule has 1 N–H and O–H groups in total. The van der Waals surface area contributed by atoms with Gasteiger partial charge in [-0.2, -0.15) is 5.10 Å². The Bertz CT molecular complexity index is 1190. The third-order valence-electron chi connectivity index (χ3n) is 4.63. The first kappa shape index (κ1) is 24.9. The average molecular weight is 487 g/mol. The molecule has 0 spiro atoms. The van der Waals surface area contributed by atoms with Crippen molar-refractivity contribution in [1.82, 2.24) is 5.43 Å². The number of nitrogens with zero attached hydrogens (tertiary/aromatic N) is 1. The minimum Gasteiger partial charge on any atom is -0.493 e. The summed E-state index contributed by atoms with van der Waals surface area (Å²) in [6.07, 6.45) is 1.43. The lowest BCUT2D eigenvalue weighted by molar-refractivity contribution is 0.0954. The predicted octanol–water partition coefficient (Wildman–Crippen LogP) is 5.24. The molecule has 0 aliphatic carbocycles. The zero-order valence-corrected chi connectivity index (χ0v) is 19.7. The van der Waals surface area contributed by atoms with Gasteiger partial charge in [0, 0.05) is 5.56 Å². The number of hydrogen-bond donors (Lipinski definition) is 1. The lowest BCUT2D eigenvalue weighted by Gasteiger charge is -2.13. The van der Waals surface area contributed by atoms with Gasteiger partial charge in [-0.25, -0.2) is 9.82 Å². The van der Waals surface area contributed by atoms with E-state index in [1.807, 2.05) is 6.92 Å². The molecule has 0 saturated heterocycles. The van der Waals surface area contributed by atoms with Crippen LogP contribution >= 0.6 is 11.6 Å². The highest BCUT2D eigenvalue weighted by molar-refractivity contribution is 6.32. The third-order valence-corrected chi connectivity index (χ3v) is 4.91. The molecular formula is C25H24ClFN2O5. The van der Waals surface area contributed by atoms with Crippen LogP contribution in [0.15, 0.2) is 59.7 Å². The number of nitrogens with one attached hydrogen (secondary N) is 1. The predicted molar refractivity (Wildman–Crippen MR) is 128 cm³/mol. The van der Waals surface area contributed by atoms with Gasteiger partial charge >= 0.3 is 0 Å². The average Bonchev–Trinajstić information content (AvgIpc) is 2.83. The molecule has 7 nitrogen and oxygen atoms in total. The van der Waals surface area contributed by atoms with Crippen molar-refractivity contribution in [3.63, 3.8) is 0 Å². The van der Waals surface area contributed by atoms with Gasteiger partial charge in [-0.3, -0.25) is 4.79 Å². The van der Waals surface area contributed by atoms with Crippen molar-refractivity contribution < 1.29 is 28.1 Å². The van der Waals surface area contributed by atoms with Crippen molar-refractivity contribution in [3.05, 3.63) is 82.1 Å². The molecule has 34 heavy (non-hydrogen) atoms. The summed E-state index contributed by atoms with van der Waals surface area (Å²) >= 11 is 6.37. The standard InChI is InChI=1S/C25H24ClFN2O5/c1-4-33-21-9-8-18(13-22(21)31-2)25(30)29-28-14-17-11-20(26)24(23(12-17)32-3)34-15-16-6-5-7-19(27)10-16/h5-14H,4,15H2,1-3H3,(H,29,30)/b28-14+. The molecule has 1 amide bonds. The van der Waals surface area contributed by atoms with Crippen LogP contribution in [-0.2, 0) is 6.61 Å². The monoisotopic (exact) mass is 486 g/mol. The molecule has 0 fully saturated rings. The largest absolute Gasteiger partial charge is 0.493 e. The smallest absolute Gasteiger partial charge is 0.271 e. The minimum atomic E-state index is -0.425. The van der Waals surface area contributed by atoms with Gasteiger partial charge in [-0.05, 0) is 60.5 Å². The third kappa shape index (κ3) is 6.39. The van der Waals surface area contributed by atoms with Gasteiger partial charge in [-0.1, -0.05) is 23.7 Å². The van der Waals surface area contributed by atoms with Crippen LogP contribution in [-0.4, -0.2) is 32.9 Å². The first-order valence-corrected chi connectivity index (χ1v) is 10.7. The van der Waals surface area contributed by atoms with Gasteiger partial charge in [0.15, 0.2) is 23.0 Å². The van der Waals surface area contributed by atoms with Gasteiger partial charge in [-0.15, -0.1) is 0 Å². The normalized spacial score (nSPS) is 10.7. The molecule has 0 heterocycles. The summed E-state index contributed by atoms with van der Waals surface area (Å²) in [5, 5.41) is 4.27. The lowest BCUT2D eigenvalue weighted by atomic mass is 10.2. The van der Waals surface area contributed by atoms with Crippen LogP contribution in [0, 0.1) is 5.82 Å². The summed E-state index contributed by atoms with van der Waals surface area (Å²) in [4.78, 5) is 12.4. The number of benzene rings is 3. The summed E-state index contributed by atoms with van der Waals surface area (Å²) in [6, 6.07) is 14.2. The summed E-state index contributed by atoms with van der Waals surface area (Å²) in [7, 11) is 2.98. The molecule has 3 aromatic carbocycles. The minimum absolute atomic E-state index is 0.114. The van der Waals surface area contributed by atoms with E-state index >= 15 is 0 Å². The van der Waals surface area contributed by atoms with E-state index in [4.69, 9.17) is 30.5 Å². The van der Waals surface area contributed by atoms with E-state index in [2.05, 4.69) is 10.5 Å². The second kappa shape index (κ2) is 11.9. The number of rotatable bonds is 10. The molecule has 178 valence electrons. The van der Waals surface area contributed by atoms with Crippen LogP contribution in [0.4, 0.5) is 4.39 Å². The molecule has 0 radical (unpaired) electrons. The first-order valence-electron chi connectivity index (χ1n) is 10.3. The second-order valence-electron chi connectivity index (χ2n) is 6.95. The molecule has 0 atom stereocenters. The first-order chi connectivity index (χ1) is 16.4. The SMILES string of the molecule is CCOc1ccc(C(=O)N/N=C/c2cc(Cl)c(OCc3cccc(F)c3)c(OC)c2)cc1OC. The van der Waals surface area contributed by atoms with Crippen LogP contribution in [0.3, 0.4) is 0 Å². The van der Waals surface area contributed by atoms with Crippen molar-refractivity contribution in [1.29, 1.82) is 0 Å². The van der Waals surface area contributed by atoms with Gasteiger partial charge in [0.05, 0.1) is 32.1 Å². The lowest BCUT2D eigenvalue weighted by Crippen LogP contribution is -2.17. The summed E-state index contributed by atoms with van der Waals surface area (Å²) in [5.41, 5.74) is 4.04. The molecule has 0 aromatic heterocycles. The number of amides is 1. The van der Waals surface area contributed by atoms with Crippen molar-refractivity contribution in [3.8, 4) is 23.0 Å². The molecule has 0 aliphatic heterocycles. The van der Waals surface area contributed by atoms with Gasteiger partial charge < -0.3 is 18.9 Å². The van der Waals surface area contributed by atoms with E-state index < -0.39 is 5.91 Å². The molecule has 0 unspecified atom stereocenters. The van der Waals surface area contributed by atoms with Crippen molar-refractivity contribution in [2.24, 2.45) is 5.10 Å². The van der Waals surface area contributed by atoms with Crippen LogP contribution in [0.1, 0.15) is 28.4 Å². The number of carbonyl (C=O) groups is 1. The summed E-state index contributed by atoms with van der Waals surface area (Å²) in [5.74, 6) is 0.904. The number of hydrogen-bond acceptors (Lipinski definition) is 6. The summed E-state index contributed by atoms with van der Waals surface area (Å²) in [6.45, 7) is 2.45. The zero-order valence-electron chi connectivity index (χ0n) is 18.9. The maximum atomic E-state index is 13.4. The maximum absolute atomic E-state index is 13.4.